The van der Waals surface area contributed by atoms with Crippen LogP contribution >= 0.6 is 11.6 Å². The average molecular weight is 412 g/mol. The van der Waals surface area contributed by atoms with Crippen LogP contribution in [-0.4, -0.2) is 34.2 Å². The van der Waals surface area contributed by atoms with Crippen LogP contribution in [0.5, 0.6) is 5.75 Å². The molecule has 0 unspecified atom stereocenters. The standard InChI is InChI=1S/C23H26ClN3O2/c1-17-21(18(2)27(25-17)15-19-9-7-8-12-22(19)24)16-26(3)23(28)13-14-29-20-10-5-4-6-11-20/h4-12H,13-16H2,1-3H3. The molecular weight excluding hydrogens is 386 g/mol. The van der Waals surface area contributed by atoms with Crippen LogP contribution in [0.4, 0.5) is 0 Å². The number of carbonyl (C=O) groups is 1. The van der Waals surface area contributed by atoms with Crippen molar-refractivity contribution in [3.8, 4) is 5.75 Å². The lowest BCUT2D eigenvalue weighted by Gasteiger charge is -2.18. The van der Waals surface area contributed by atoms with Gasteiger partial charge in [-0.1, -0.05) is 48.0 Å². The number of amides is 1. The lowest BCUT2D eigenvalue weighted by Crippen LogP contribution is -2.28. The largest absolute Gasteiger partial charge is 0.493 e. The van der Waals surface area contributed by atoms with Crippen molar-refractivity contribution < 1.29 is 9.53 Å². The second-order valence-electron chi connectivity index (χ2n) is 7.06. The summed E-state index contributed by atoms with van der Waals surface area (Å²) in [4.78, 5) is 14.2. The normalized spacial score (nSPS) is 10.8. The molecule has 29 heavy (non-hydrogen) atoms. The predicted molar refractivity (Wildman–Crippen MR) is 115 cm³/mol. The van der Waals surface area contributed by atoms with Crippen LogP contribution < -0.4 is 4.74 Å². The molecule has 5 nitrogen and oxygen atoms in total. The summed E-state index contributed by atoms with van der Waals surface area (Å²) in [6, 6.07) is 17.3. The molecule has 2 aromatic carbocycles. The van der Waals surface area contributed by atoms with E-state index in [1.165, 1.54) is 0 Å². The fourth-order valence-electron chi connectivity index (χ4n) is 3.19. The van der Waals surface area contributed by atoms with Gasteiger partial charge in [0.1, 0.15) is 5.75 Å². The molecule has 0 atom stereocenters. The molecule has 0 saturated carbocycles. The molecule has 0 fully saturated rings. The molecule has 3 aromatic rings. The van der Waals surface area contributed by atoms with E-state index < -0.39 is 0 Å². The molecule has 0 bridgehead atoms. The predicted octanol–water partition coefficient (Wildman–Crippen LogP) is 4.63. The van der Waals surface area contributed by atoms with Gasteiger partial charge in [0.05, 0.1) is 25.3 Å². The molecule has 0 saturated heterocycles. The van der Waals surface area contributed by atoms with Gasteiger partial charge in [-0.3, -0.25) is 9.48 Å². The Kier molecular flexibility index (Phi) is 6.94. The van der Waals surface area contributed by atoms with Crippen LogP contribution in [0, 0.1) is 13.8 Å². The molecule has 152 valence electrons. The molecule has 3 rings (SSSR count). The first kappa shape index (κ1) is 20.9. The van der Waals surface area contributed by atoms with E-state index in [9.17, 15) is 4.79 Å². The van der Waals surface area contributed by atoms with Gasteiger partial charge in [-0.15, -0.1) is 0 Å². The maximum absolute atomic E-state index is 12.5. The van der Waals surface area contributed by atoms with Crippen molar-refractivity contribution in [3.05, 3.63) is 82.1 Å². The average Bonchev–Trinajstić information content (AvgIpc) is 2.97. The monoisotopic (exact) mass is 411 g/mol. The number of nitrogens with zero attached hydrogens (tertiary/aromatic N) is 3. The van der Waals surface area contributed by atoms with Crippen molar-refractivity contribution in [3.63, 3.8) is 0 Å². The number of ether oxygens (including phenoxy) is 1. The third-order valence-corrected chi connectivity index (χ3v) is 5.33. The van der Waals surface area contributed by atoms with E-state index in [1.807, 2.05) is 80.2 Å². The minimum absolute atomic E-state index is 0.0404. The van der Waals surface area contributed by atoms with Crippen LogP contribution in [0.25, 0.3) is 0 Å². The summed E-state index contributed by atoms with van der Waals surface area (Å²) >= 11 is 6.29. The third-order valence-electron chi connectivity index (χ3n) is 4.96. The Hall–Kier alpha value is -2.79. The van der Waals surface area contributed by atoms with Crippen LogP contribution in [0.2, 0.25) is 5.02 Å². The summed E-state index contributed by atoms with van der Waals surface area (Å²) in [5.41, 5.74) is 4.06. The van der Waals surface area contributed by atoms with E-state index in [0.29, 0.717) is 26.1 Å². The van der Waals surface area contributed by atoms with Gasteiger partial charge in [0, 0.05) is 29.9 Å². The summed E-state index contributed by atoms with van der Waals surface area (Å²) in [5.74, 6) is 0.814. The van der Waals surface area contributed by atoms with Crippen molar-refractivity contribution in [2.45, 2.75) is 33.4 Å². The van der Waals surface area contributed by atoms with Gasteiger partial charge >= 0.3 is 0 Å². The number of aryl methyl sites for hydroxylation is 1. The minimum atomic E-state index is 0.0404. The summed E-state index contributed by atoms with van der Waals surface area (Å²) in [7, 11) is 1.81. The van der Waals surface area contributed by atoms with Crippen LogP contribution in [0.3, 0.4) is 0 Å². The SMILES string of the molecule is Cc1nn(Cc2ccccc2Cl)c(C)c1CN(C)C(=O)CCOc1ccccc1. The zero-order valence-corrected chi connectivity index (χ0v) is 17.8. The highest BCUT2D eigenvalue weighted by atomic mass is 35.5. The van der Waals surface area contributed by atoms with E-state index in [0.717, 1.165) is 33.3 Å². The quantitative estimate of drug-likeness (QED) is 0.543. The second kappa shape index (κ2) is 9.61. The Morgan fingerprint density at radius 1 is 1.10 bits per heavy atom. The lowest BCUT2D eigenvalue weighted by molar-refractivity contribution is -0.130. The molecule has 0 radical (unpaired) electrons. The third kappa shape index (κ3) is 5.39. The zero-order chi connectivity index (χ0) is 20.8. The first-order valence-corrected chi connectivity index (χ1v) is 10.0. The first-order chi connectivity index (χ1) is 14.0. The van der Waals surface area contributed by atoms with Crippen molar-refractivity contribution in [2.24, 2.45) is 0 Å². The van der Waals surface area contributed by atoms with Gasteiger partial charge in [-0.2, -0.15) is 5.10 Å². The fraction of sp³-hybridized carbons (Fsp3) is 0.304. The maximum Gasteiger partial charge on any atom is 0.226 e. The van der Waals surface area contributed by atoms with Crippen molar-refractivity contribution in [2.75, 3.05) is 13.7 Å². The number of halogens is 1. The van der Waals surface area contributed by atoms with E-state index in [4.69, 9.17) is 16.3 Å². The Morgan fingerprint density at radius 3 is 2.52 bits per heavy atom. The number of carbonyl (C=O) groups excluding carboxylic acids is 1. The highest BCUT2D eigenvalue weighted by molar-refractivity contribution is 6.31. The van der Waals surface area contributed by atoms with Gasteiger partial charge in [0.2, 0.25) is 5.91 Å². The summed E-state index contributed by atoms with van der Waals surface area (Å²) in [5, 5.41) is 5.39. The maximum atomic E-state index is 12.5. The number of benzene rings is 2. The van der Waals surface area contributed by atoms with Gasteiger partial charge < -0.3 is 9.64 Å². The van der Waals surface area contributed by atoms with Gasteiger partial charge in [0.25, 0.3) is 0 Å². The van der Waals surface area contributed by atoms with Gasteiger partial charge in [0.15, 0.2) is 0 Å². The Bertz CT molecular complexity index is 970. The second-order valence-corrected chi connectivity index (χ2v) is 7.47. The fourth-order valence-corrected chi connectivity index (χ4v) is 3.39. The molecule has 0 spiro atoms. The Balaban J connectivity index is 1.59. The molecule has 1 amide bonds. The smallest absolute Gasteiger partial charge is 0.226 e. The Labute approximate surface area is 176 Å². The molecule has 0 aliphatic heterocycles. The molecule has 0 N–H and O–H groups in total. The summed E-state index contributed by atoms with van der Waals surface area (Å²) < 4.78 is 7.58. The molecule has 0 aliphatic rings. The number of hydrogen-bond acceptors (Lipinski definition) is 3. The molecule has 1 aromatic heterocycles. The summed E-state index contributed by atoms with van der Waals surface area (Å²) in [6.07, 6.45) is 0.331. The van der Waals surface area contributed by atoms with Crippen molar-refractivity contribution in [1.82, 2.24) is 14.7 Å². The van der Waals surface area contributed by atoms with E-state index in [1.54, 1.807) is 4.90 Å². The van der Waals surface area contributed by atoms with Crippen molar-refractivity contribution in [1.29, 1.82) is 0 Å². The first-order valence-electron chi connectivity index (χ1n) is 9.64. The van der Waals surface area contributed by atoms with E-state index in [-0.39, 0.29) is 5.91 Å². The molecule has 6 heteroatoms. The molecule has 0 aliphatic carbocycles. The number of aromatic nitrogens is 2. The van der Waals surface area contributed by atoms with Crippen LogP contribution in [-0.2, 0) is 17.9 Å². The molecule has 1 heterocycles. The number of para-hydroxylation sites is 1. The van der Waals surface area contributed by atoms with E-state index >= 15 is 0 Å². The van der Waals surface area contributed by atoms with Crippen LogP contribution in [0.15, 0.2) is 54.6 Å². The Morgan fingerprint density at radius 2 is 1.79 bits per heavy atom. The lowest BCUT2D eigenvalue weighted by atomic mass is 10.1. The van der Waals surface area contributed by atoms with Crippen molar-refractivity contribution >= 4 is 17.5 Å². The van der Waals surface area contributed by atoms with Crippen LogP contribution in [0.1, 0.15) is 28.9 Å². The highest BCUT2D eigenvalue weighted by Gasteiger charge is 2.17. The zero-order valence-electron chi connectivity index (χ0n) is 17.1. The van der Waals surface area contributed by atoms with Gasteiger partial charge in [-0.25, -0.2) is 0 Å². The van der Waals surface area contributed by atoms with E-state index in [2.05, 4.69) is 5.10 Å². The highest BCUT2D eigenvalue weighted by Crippen LogP contribution is 2.20. The minimum Gasteiger partial charge on any atom is -0.493 e. The topological polar surface area (TPSA) is 47.4 Å². The number of rotatable bonds is 8. The summed E-state index contributed by atoms with van der Waals surface area (Å²) in [6.45, 7) is 5.49. The van der Waals surface area contributed by atoms with Gasteiger partial charge in [-0.05, 0) is 37.6 Å². The molecular formula is C23H26ClN3O2. The number of hydrogen-bond donors (Lipinski definition) is 0.